The Hall–Kier alpha value is -1.02. The van der Waals surface area contributed by atoms with Crippen LogP contribution in [0.3, 0.4) is 0 Å². The molecule has 1 rings (SSSR count). The van der Waals surface area contributed by atoms with E-state index in [2.05, 4.69) is 13.8 Å². The standard InChI is InChI=1S/C15H22ClNO/c1-14(2,3)17(13(18)11-16)15(4,5)12-9-7-6-8-10-12/h6-10H,11H2,1-5H3. The van der Waals surface area contributed by atoms with Gasteiger partial charge in [0.05, 0.1) is 5.54 Å². The number of alkyl halides is 1. The van der Waals surface area contributed by atoms with E-state index in [1.165, 1.54) is 0 Å². The van der Waals surface area contributed by atoms with Crippen LogP contribution in [0.4, 0.5) is 0 Å². The third kappa shape index (κ3) is 3.05. The number of carbonyl (C=O) groups is 1. The van der Waals surface area contributed by atoms with E-state index in [1.54, 1.807) is 0 Å². The zero-order valence-corrected chi connectivity index (χ0v) is 12.6. The number of benzene rings is 1. The number of hydrogen-bond donors (Lipinski definition) is 0. The molecule has 0 saturated carbocycles. The first-order chi connectivity index (χ1) is 8.21. The SMILES string of the molecule is CC(C)(C)N(C(=O)CCl)C(C)(C)c1ccccc1. The van der Waals surface area contributed by atoms with Gasteiger partial charge < -0.3 is 4.90 Å². The topological polar surface area (TPSA) is 20.3 Å². The smallest absolute Gasteiger partial charge is 0.238 e. The molecule has 0 N–H and O–H groups in total. The minimum absolute atomic E-state index is 0.00747. The van der Waals surface area contributed by atoms with Crippen molar-refractivity contribution in [1.29, 1.82) is 0 Å². The van der Waals surface area contributed by atoms with Crippen molar-refractivity contribution in [3.63, 3.8) is 0 Å². The highest BCUT2D eigenvalue weighted by molar-refractivity contribution is 6.27. The molecule has 1 aromatic carbocycles. The summed E-state index contributed by atoms with van der Waals surface area (Å²) in [4.78, 5) is 14.0. The molecule has 0 unspecified atom stereocenters. The number of rotatable bonds is 3. The lowest BCUT2D eigenvalue weighted by molar-refractivity contribution is -0.141. The van der Waals surface area contributed by atoms with Crippen molar-refractivity contribution in [2.45, 2.75) is 45.7 Å². The van der Waals surface area contributed by atoms with Crippen LogP contribution >= 0.6 is 11.6 Å². The van der Waals surface area contributed by atoms with Gasteiger partial charge in [-0.2, -0.15) is 0 Å². The summed E-state index contributed by atoms with van der Waals surface area (Å²) >= 11 is 5.76. The van der Waals surface area contributed by atoms with E-state index in [9.17, 15) is 4.79 Å². The summed E-state index contributed by atoms with van der Waals surface area (Å²) < 4.78 is 0. The van der Waals surface area contributed by atoms with E-state index in [-0.39, 0.29) is 22.9 Å². The molecule has 0 saturated heterocycles. The van der Waals surface area contributed by atoms with E-state index in [4.69, 9.17) is 11.6 Å². The van der Waals surface area contributed by atoms with Gasteiger partial charge in [0.2, 0.25) is 5.91 Å². The van der Waals surface area contributed by atoms with Gasteiger partial charge in [-0.1, -0.05) is 30.3 Å². The van der Waals surface area contributed by atoms with Crippen molar-refractivity contribution in [3.8, 4) is 0 Å². The van der Waals surface area contributed by atoms with E-state index < -0.39 is 0 Å². The second kappa shape index (κ2) is 5.31. The second-order valence-electron chi connectivity index (χ2n) is 5.96. The Balaban J connectivity index is 3.24. The van der Waals surface area contributed by atoms with Gasteiger partial charge in [-0.3, -0.25) is 4.79 Å². The van der Waals surface area contributed by atoms with Crippen LogP contribution in [0, 0.1) is 0 Å². The Morgan fingerprint density at radius 1 is 1.11 bits per heavy atom. The molecule has 0 radical (unpaired) electrons. The van der Waals surface area contributed by atoms with E-state index in [0.29, 0.717) is 0 Å². The van der Waals surface area contributed by atoms with Crippen LogP contribution in [0.2, 0.25) is 0 Å². The van der Waals surface area contributed by atoms with Crippen molar-refractivity contribution in [1.82, 2.24) is 4.90 Å². The third-order valence-electron chi connectivity index (χ3n) is 3.07. The van der Waals surface area contributed by atoms with E-state index >= 15 is 0 Å². The van der Waals surface area contributed by atoms with Gasteiger partial charge in [0.25, 0.3) is 0 Å². The molecule has 0 aromatic heterocycles. The number of carbonyl (C=O) groups excluding carboxylic acids is 1. The largest absolute Gasteiger partial charge is 0.328 e. The van der Waals surface area contributed by atoms with Crippen LogP contribution in [0.1, 0.15) is 40.2 Å². The summed E-state index contributed by atoms with van der Waals surface area (Å²) in [6.07, 6.45) is 0. The number of nitrogens with zero attached hydrogens (tertiary/aromatic N) is 1. The average molecular weight is 268 g/mol. The van der Waals surface area contributed by atoms with Gasteiger partial charge in [-0.25, -0.2) is 0 Å². The second-order valence-corrected chi connectivity index (χ2v) is 6.23. The highest BCUT2D eigenvalue weighted by Crippen LogP contribution is 2.34. The lowest BCUT2D eigenvalue weighted by Crippen LogP contribution is -2.55. The van der Waals surface area contributed by atoms with E-state index in [0.717, 1.165) is 5.56 Å². The van der Waals surface area contributed by atoms with Gasteiger partial charge in [0.1, 0.15) is 5.88 Å². The van der Waals surface area contributed by atoms with Gasteiger partial charge in [-0.05, 0) is 40.2 Å². The molecule has 1 aromatic rings. The molecule has 0 fully saturated rings. The molecule has 0 bridgehead atoms. The fourth-order valence-electron chi connectivity index (χ4n) is 2.56. The molecule has 0 spiro atoms. The third-order valence-corrected chi connectivity index (χ3v) is 3.30. The Morgan fingerprint density at radius 2 is 1.61 bits per heavy atom. The van der Waals surface area contributed by atoms with Crippen molar-refractivity contribution >= 4 is 17.5 Å². The Labute approximate surface area is 115 Å². The van der Waals surface area contributed by atoms with Crippen molar-refractivity contribution in [3.05, 3.63) is 35.9 Å². The molecule has 0 heterocycles. The van der Waals surface area contributed by atoms with Crippen molar-refractivity contribution in [2.24, 2.45) is 0 Å². The molecule has 100 valence electrons. The zero-order valence-electron chi connectivity index (χ0n) is 11.8. The summed E-state index contributed by atoms with van der Waals surface area (Å²) in [7, 11) is 0. The zero-order chi connectivity index (χ0) is 14.0. The minimum atomic E-state index is -0.383. The molecular weight excluding hydrogens is 246 g/mol. The highest BCUT2D eigenvalue weighted by Gasteiger charge is 2.39. The molecule has 1 amide bonds. The summed E-state index contributed by atoms with van der Waals surface area (Å²) in [5.41, 5.74) is 0.454. The van der Waals surface area contributed by atoms with Crippen LogP contribution in [0.15, 0.2) is 30.3 Å². The van der Waals surface area contributed by atoms with Crippen molar-refractivity contribution in [2.75, 3.05) is 5.88 Å². The molecular formula is C15H22ClNO. The monoisotopic (exact) mass is 267 g/mol. The fourth-order valence-corrected chi connectivity index (χ4v) is 2.68. The number of amides is 1. The predicted molar refractivity (Wildman–Crippen MR) is 76.8 cm³/mol. The maximum atomic E-state index is 12.2. The van der Waals surface area contributed by atoms with Gasteiger partial charge >= 0.3 is 0 Å². The van der Waals surface area contributed by atoms with E-state index in [1.807, 2.05) is 56.0 Å². The molecule has 2 nitrogen and oxygen atoms in total. The first-order valence-corrected chi connectivity index (χ1v) is 6.69. The molecule has 3 heteroatoms. The quantitative estimate of drug-likeness (QED) is 0.763. The number of halogens is 1. The minimum Gasteiger partial charge on any atom is -0.328 e. The van der Waals surface area contributed by atoms with Crippen LogP contribution < -0.4 is 0 Å². The number of hydrogen-bond acceptors (Lipinski definition) is 1. The van der Waals surface area contributed by atoms with Crippen LogP contribution in [0.5, 0.6) is 0 Å². The summed E-state index contributed by atoms with van der Waals surface area (Å²) in [6, 6.07) is 10.0. The summed E-state index contributed by atoms with van der Waals surface area (Å²) in [5.74, 6) is -0.0360. The molecule has 0 aliphatic rings. The first-order valence-electron chi connectivity index (χ1n) is 6.16. The molecule has 18 heavy (non-hydrogen) atoms. The van der Waals surface area contributed by atoms with Gasteiger partial charge in [0.15, 0.2) is 0 Å². The predicted octanol–water partition coefficient (Wildman–Crippen LogP) is 3.79. The molecule has 0 atom stereocenters. The lowest BCUT2D eigenvalue weighted by Gasteiger charge is -2.47. The van der Waals surface area contributed by atoms with Gasteiger partial charge in [0, 0.05) is 5.54 Å². The highest BCUT2D eigenvalue weighted by atomic mass is 35.5. The summed E-state index contributed by atoms with van der Waals surface area (Å²) in [5, 5.41) is 0. The van der Waals surface area contributed by atoms with Crippen LogP contribution in [-0.4, -0.2) is 22.2 Å². The van der Waals surface area contributed by atoms with Crippen LogP contribution in [0.25, 0.3) is 0 Å². The Kier molecular flexibility index (Phi) is 4.44. The first kappa shape index (κ1) is 15.0. The van der Waals surface area contributed by atoms with Crippen LogP contribution in [-0.2, 0) is 10.3 Å². The normalized spacial score (nSPS) is 12.3. The van der Waals surface area contributed by atoms with Crippen molar-refractivity contribution < 1.29 is 4.79 Å². The maximum Gasteiger partial charge on any atom is 0.238 e. The Bertz CT molecular complexity index is 406. The maximum absolute atomic E-state index is 12.2. The fraction of sp³-hybridized carbons (Fsp3) is 0.533. The van der Waals surface area contributed by atoms with Gasteiger partial charge in [-0.15, -0.1) is 11.6 Å². The Morgan fingerprint density at radius 3 is 2.00 bits per heavy atom. The average Bonchev–Trinajstić information content (AvgIpc) is 2.28. The molecule has 0 aliphatic heterocycles. The lowest BCUT2D eigenvalue weighted by atomic mass is 9.87. The summed E-state index contributed by atoms with van der Waals surface area (Å²) in [6.45, 7) is 10.2. The molecule has 0 aliphatic carbocycles.